The molecule has 0 fully saturated rings. The van der Waals surface area contributed by atoms with Crippen LogP contribution in [-0.4, -0.2) is 19.3 Å². The molecule has 0 N–H and O–H groups in total. The van der Waals surface area contributed by atoms with Crippen molar-refractivity contribution in [1.82, 2.24) is 19.3 Å². The third-order valence-corrected chi connectivity index (χ3v) is 9.91. The predicted octanol–water partition coefficient (Wildman–Crippen LogP) is 12.4. The average molecular weight is 882 g/mol. The van der Waals surface area contributed by atoms with E-state index in [-0.39, 0.29) is 26.5 Å². The Morgan fingerprint density at radius 3 is 2.26 bits per heavy atom. The number of aryl methyl sites for hydroxylation is 2. The van der Waals surface area contributed by atoms with Crippen LogP contribution < -0.4 is 4.74 Å². The van der Waals surface area contributed by atoms with Crippen LogP contribution in [0.1, 0.15) is 96.2 Å². The third-order valence-electron chi connectivity index (χ3n) is 9.91. The fourth-order valence-corrected chi connectivity index (χ4v) is 7.27. The molecule has 7 rings (SSSR count). The standard InChI is InChI=1S/C47H50N4O.Pt/c1-7-10-12-18-33-23-26-42-40(29-33)39-25-24-38(32-44(39)50(42)45-30-35(27-28-48-45)47(4,5)6)52-37-22-15-21-36(31-37)51-43(17-9-3)46(41(49-51)16-8-2)34-19-13-11-14-20-34;/h11,13-15,19-30H,7-10,12,16-18H2,1-6H3;/q-2;+2. The van der Waals surface area contributed by atoms with Crippen molar-refractivity contribution in [3.05, 3.63) is 132 Å². The fraction of sp³-hybridized carbons (Fsp3) is 0.319. The quantitative estimate of drug-likeness (QED) is 0.0856. The van der Waals surface area contributed by atoms with Crippen molar-refractivity contribution in [1.29, 1.82) is 0 Å². The molecule has 0 unspecified atom stereocenters. The third kappa shape index (κ3) is 8.06. The van der Waals surface area contributed by atoms with Crippen LogP contribution in [0.3, 0.4) is 0 Å². The van der Waals surface area contributed by atoms with Gasteiger partial charge in [-0.25, -0.2) is 4.98 Å². The first kappa shape index (κ1) is 38.3. The summed E-state index contributed by atoms with van der Waals surface area (Å²) in [6, 6.07) is 39.3. The van der Waals surface area contributed by atoms with Gasteiger partial charge in [0.05, 0.1) is 5.69 Å². The first-order valence-electron chi connectivity index (χ1n) is 19.1. The van der Waals surface area contributed by atoms with E-state index in [0.29, 0.717) is 11.5 Å². The van der Waals surface area contributed by atoms with Crippen molar-refractivity contribution < 1.29 is 25.8 Å². The van der Waals surface area contributed by atoms with Crippen LogP contribution in [0, 0.1) is 12.1 Å². The molecule has 0 aliphatic carbocycles. The summed E-state index contributed by atoms with van der Waals surface area (Å²) in [4.78, 5) is 4.89. The molecule has 0 atom stereocenters. The minimum atomic E-state index is -0.00747. The number of benzene rings is 4. The molecule has 274 valence electrons. The summed E-state index contributed by atoms with van der Waals surface area (Å²) < 4.78 is 10.9. The zero-order chi connectivity index (χ0) is 36.2. The molecule has 0 amide bonds. The van der Waals surface area contributed by atoms with E-state index in [4.69, 9.17) is 14.8 Å². The van der Waals surface area contributed by atoms with E-state index >= 15 is 0 Å². The number of fused-ring (bicyclic) bond motifs is 3. The molecule has 0 saturated heterocycles. The van der Waals surface area contributed by atoms with Gasteiger partial charge in [0, 0.05) is 34.5 Å². The van der Waals surface area contributed by atoms with Crippen LogP contribution in [0.25, 0.3) is 44.4 Å². The van der Waals surface area contributed by atoms with Crippen molar-refractivity contribution in [3.63, 3.8) is 0 Å². The summed E-state index contributed by atoms with van der Waals surface area (Å²) in [7, 11) is 0. The minimum Gasteiger partial charge on any atom is -0.509 e. The molecule has 6 heteroatoms. The normalized spacial score (nSPS) is 11.7. The van der Waals surface area contributed by atoms with Crippen LogP contribution in [0.15, 0.2) is 97.2 Å². The number of unbranched alkanes of at least 4 members (excludes halogenated alkanes) is 2. The van der Waals surface area contributed by atoms with Crippen LogP contribution in [0.2, 0.25) is 0 Å². The fourth-order valence-electron chi connectivity index (χ4n) is 7.27. The molecular weight excluding hydrogens is 832 g/mol. The van der Waals surface area contributed by atoms with E-state index in [1.54, 1.807) is 0 Å². The molecule has 0 saturated carbocycles. The summed E-state index contributed by atoms with van der Waals surface area (Å²) in [6.45, 7) is 13.4. The minimum absolute atomic E-state index is 0. The summed E-state index contributed by atoms with van der Waals surface area (Å²) in [5, 5.41) is 7.54. The second-order valence-electron chi connectivity index (χ2n) is 14.9. The second kappa shape index (κ2) is 16.7. The molecule has 4 aromatic carbocycles. The predicted molar refractivity (Wildman–Crippen MR) is 215 cm³/mol. The number of pyridine rings is 1. The molecule has 0 aliphatic heterocycles. The Labute approximate surface area is 329 Å². The van der Waals surface area contributed by atoms with Gasteiger partial charge < -0.3 is 9.30 Å². The molecule has 5 nitrogen and oxygen atoms in total. The monoisotopic (exact) mass is 881 g/mol. The Hall–Kier alpha value is -4.47. The zero-order valence-electron chi connectivity index (χ0n) is 31.9. The maximum absolute atomic E-state index is 6.59. The van der Waals surface area contributed by atoms with E-state index in [1.165, 1.54) is 52.6 Å². The molecule has 0 spiro atoms. The SMILES string of the molecule is CCCCCc1ccc2c(c1)c1ccc(Oc3[c-]c(-n4nc(CCC)c(-c5ccccc5)c4CCC)ccc3)[c-]c1n2-c1cc(C(C)(C)C)ccn1.[Pt+2]. The van der Waals surface area contributed by atoms with Gasteiger partial charge in [0.15, 0.2) is 0 Å². The van der Waals surface area contributed by atoms with Gasteiger partial charge in [0.2, 0.25) is 0 Å². The summed E-state index contributed by atoms with van der Waals surface area (Å²) in [6.07, 6.45) is 10.5. The summed E-state index contributed by atoms with van der Waals surface area (Å²) in [5.74, 6) is 2.14. The molecule has 3 aromatic heterocycles. The number of rotatable bonds is 13. The molecule has 0 radical (unpaired) electrons. The Morgan fingerprint density at radius 1 is 0.717 bits per heavy atom. The Morgan fingerprint density at radius 2 is 1.51 bits per heavy atom. The van der Waals surface area contributed by atoms with Gasteiger partial charge in [-0.3, -0.25) is 4.68 Å². The molecule has 7 aromatic rings. The van der Waals surface area contributed by atoms with Gasteiger partial charge in [-0.2, -0.15) is 17.2 Å². The van der Waals surface area contributed by atoms with Crippen LogP contribution >= 0.6 is 0 Å². The van der Waals surface area contributed by atoms with Gasteiger partial charge in [0.25, 0.3) is 0 Å². The number of aromatic nitrogens is 4. The maximum atomic E-state index is 6.59. The van der Waals surface area contributed by atoms with Crippen molar-refractivity contribution in [2.45, 2.75) is 98.3 Å². The second-order valence-corrected chi connectivity index (χ2v) is 14.9. The smallest absolute Gasteiger partial charge is 0.509 e. The first-order chi connectivity index (χ1) is 25.3. The molecule has 3 heterocycles. The van der Waals surface area contributed by atoms with Gasteiger partial charge >= 0.3 is 21.1 Å². The van der Waals surface area contributed by atoms with Gasteiger partial charge in [-0.15, -0.1) is 35.7 Å². The van der Waals surface area contributed by atoms with E-state index < -0.39 is 0 Å². The number of nitrogens with zero attached hydrogens (tertiary/aromatic N) is 4. The van der Waals surface area contributed by atoms with E-state index in [2.05, 4.69) is 136 Å². The summed E-state index contributed by atoms with van der Waals surface area (Å²) >= 11 is 0. The number of hydrogen-bond acceptors (Lipinski definition) is 3. The molecule has 53 heavy (non-hydrogen) atoms. The number of ether oxygens (including phenoxy) is 1. The van der Waals surface area contributed by atoms with Gasteiger partial charge in [-0.05, 0) is 77.1 Å². The zero-order valence-corrected chi connectivity index (χ0v) is 34.2. The van der Waals surface area contributed by atoms with Crippen molar-refractivity contribution in [3.8, 4) is 34.1 Å². The molecular formula is C47H50N4OPt. The van der Waals surface area contributed by atoms with Crippen LogP contribution in [0.5, 0.6) is 11.5 Å². The van der Waals surface area contributed by atoms with Crippen molar-refractivity contribution >= 4 is 21.8 Å². The van der Waals surface area contributed by atoms with E-state index in [9.17, 15) is 0 Å². The molecule has 0 bridgehead atoms. The Kier molecular flexibility index (Phi) is 12.0. The van der Waals surface area contributed by atoms with Crippen molar-refractivity contribution in [2.75, 3.05) is 0 Å². The Balaban J connectivity index is 0.00000481. The van der Waals surface area contributed by atoms with Crippen molar-refractivity contribution in [2.24, 2.45) is 0 Å². The van der Waals surface area contributed by atoms with Gasteiger partial charge in [-0.1, -0.05) is 115 Å². The van der Waals surface area contributed by atoms with E-state index in [0.717, 1.165) is 65.7 Å². The maximum Gasteiger partial charge on any atom is 2.00 e. The topological polar surface area (TPSA) is 44.9 Å². The van der Waals surface area contributed by atoms with Gasteiger partial charge in [0.1, 0.15) is 5.82 Å². The number of hydrogen-bond donors (Lipinski definition) is 0. The first-order valence-corrected chi connectivity index (χ1v) is 19.1. The summed E-state index contributed by atoms with van der Waals surface area (Å²) in [5.41, 5.74) is 10.3. The average Bonchev–Trinajstić information content (AvgIpc) is 3.67. The Bertz CT molecular complexity index is 2310. The van der Waals surface area contributed by atoms with Crippen LogP contribution in [0.4, 0.5) is 0 Å². The largest absolute Gasteiger partial charge is 2.00 e. The van der Waals surface area contributed by atoms with E-state index in [1.807, 2.05) is 24.4 Å². The van der Waals surface area contributed by atoms with Crippen LogP contribution in [-0.2, 0) is 45.7 Å². The molecule has 0 aliphatic rings.